The molecule has 53 heavy (non-hydrogen) atoms. The third-order valence-electron chi connectivity index (χ3n) is 10.9. The second-order valence-electron chi connectivity index (χ2n) is 15.2. The molecule has 1 aromatic rings. The van der Waals surface area contributed by atoms with Gasteiger partial charge in [-0.25, -0.2) is 9.59 Å². The minimum atomic E-state index is -1.87. The molecule has 0 saturated carbocycles. The van der Waals surface area contributed by atoms with Crippen molar-refractivity contribution in [2.24, 2.45) is 17.8 Å². The summed E-state index contributed by atoms with van der Waals surface area (Å²) in [6.45, 7) is 9.92. The standard InChI is InChI=1S/C38H54ClN3O10S/c1-20(2)29(53)15-31(45)41(7)23(5)35(47)51-30-16-32(46)42(8)27-14-24(13-25(18-43)33(27)39)12-21(3)10-9-11-26(19-44)38(49)17-28(50-36(48)40-38)22(4)34-37(30,6)52-34/h9-11,13-14,20,22-23,26,28-30,34,43-44,49,53H,12,15-19H2,1-8H3,(H,40,48)/b11-9+,21-10+/t22-,23+,26+,28+,29?,30+,34+,37+,38+/m1/s1. The van der Waals surface area contributed by atoms with Crippen LogP contribution >= 0.6 is 24.2 Å². The van der Waals surface area contributed by atoms with Crippen molar-refractivity contribution in [3.05, 3.63) is 52.1 Å². The third-order valence-corrected chi connectivity index (χ3v) is 12.1. The average Bonchev–Trinajstić information content (AvgIpc) is 3.80. The third kappa shape index (κ3) is 9.57. The van der Waals surface area contributed by atoms with Crippen LogP contribution in [0.1, 0.15) is 71.9 Å². The molecule has 0 radical (unpaired) electrons. The molecule has 4 rings (SSSR count). The van der Waals surface area contributed by atoms with E-state index in [2.05, 4.69) is 17.9 Å². The Kier molecular flexibility index (Phi) is 13.8. The highest BCUT2D eigenvalue weighted by molar-refractivity contribution is 7.81. The predicted octanol–water partition coefficient (Wildman–Crippen LogP) is 3.94. The van der Waals surface area contributed by atoms with Crippen molar-refractivity contribution in [3.63, 3.8) is 0 Å². The summed E-state index contributed by atoms with van der Waals surface area (Å²) in [4.78, 5) is 56.4. The van der Waals surface area contributed by atoms with Crippen LogP contribution in [0, 0.1) is 17.8 Å². The number of carbonyl (C=O) groups is 4. The van der Waals surface area contributed by atoms with Gasteiger partial charge < -0.3 is 39.3 Å². The summed E-state index contributed by atoms with van der Waals surface area (Å²) in [7, 11) is 3.05. The smallest absolute Gasteiger partial charge is 0.409 e. The van der Waals surface area contributed by atoms with Crippen molar-refractivity contribution in [1.29, 1.82) is 0 Å². The zero-order chi connectivity index (χ0) is 39.6. The van der Waals surface area contributed by atoms with Crippen molar-refractivity contribution in [2.45, 2.75) is 115 Å². The molecule has 1 unspecified atom stereocenters. The van der Waals surface area contributed by atoms with Gasteiger partial charge in [0, 0.05) is 44.0 Å². The van der Waals surface area contributed by atoms with Gasteiger partial charge in [-0.05, 0) is 50.3 Å². The van der Waals surface area contributed by atoms with Gasteiger partial charge in [0.2, 0.25) is 11.8 Å². The largest absolute Gasteiger partial charge is 0.457 e. The highest BCUT2D eigenvalue weighted by atomic mass is 35.5. The van der Waals surface area contributed by atoms with Crippen molar-refractivity contribution < 1.29 is 48.7 Å². The number of benzene rings is 1. The molecule has 0 aromatic heterocycles. The summed E-state index contributed by atoms with van der Waals surface area (Å²) in [5.41, 5.74) is -0.734. The van der Waals surface area contributed by atoms with E-state index in [0.29, 0.717) is 17.7 Å². The number of esters is 1. The first-order valence-corrected chi connectivity index (χ1v) is 18.8. The normalized spacial score (nSPS) is 32.0. The van der Waals surface area contributed by atoms with Crippen LogP contribution in [0.15, 0.2) is 35.9 Å². The van der Waals surface area contributed by atoms with Crippen LogP contribution in [0.25, 0.3) is 0 Å². The number of hydrogen-bond donors (Lipinski definition) is 5. The molecule has 2 fully saturated rings. The van der Waals surface area contributed by atoms with Gasteiger partial charge in [0.05, 0.1) is 36.4 Å². The summed E-state index contributed by atoms with van der Waals surface area (Å²) >= 11 is 11.2. The van der Waals surface area contributed by atoms with Crippen molar-refractivity contribution in [2.75, 3.05) is 25.6 Å². The van der Waals surface area contributed by atoms with Crippen molar-refractivity contribution in [1.82, 2.24) is 10.2 Å². The van der Waals surface area contributed by atoms with Crippen LogP contribution in [-0.2, 0) is 41.6 Å². The Morgan fingerprint density at radius 2 is 1.91 bits per heavy atom. The number of anilines is 1. The van der Waals surface area contributed by atoms with E-state index in [9.17, 15) is 34.5 Å². The van der Waals surface area contributed by atoms with E-state index in [-0.39, 0.29) is 48.0 Å². The fraction of sp³-hybridized carbons (Fsp3) is 0.632. The zero-order valence-electron chi connectivity index (χ0n) is 31.7. The fourth-order valence-corrected chi connectivity index (χ4v) is 7.32. The Bertz CT molecular complexity index is 1620. The maximum atomic E-state index is 14.1. The highest BCUT2D eigenvalue weighted by Gasteiger charge is 2.64. The second-order valence-corrected chi connectivity index (χ2v) is 16.2. The van der Waals surface area contributed by atoms with E-state index in [1.54, 1.807) is 51.3 Å². The van der Waals surface area contributed by atoms with E-state index >= 15 is 0 Å². The number of ether oxygens (including phenoxy) is 3. The van der Waals surface area contributed by atoms with Crippen LogP contribution in [-0.4, -0.2) is 106 Å². The topological polar surface area (TPSA) is 178 Å². The number of nitrogens with zero attached hydrogens (tertiary/aromatic N) is 2. The average molecular weight is 780 g/mol. The molecule has 15 heteroatoms. The van der Waals surface area contributed by atoms with Crippen LogP contribution in [0.4, 0.5) is 10.5 Å². The summed E-state index contributed by atoms with van der Waals surface area (Å²) in [6.07, 6.45) is 1.55. The Morgan fingerprint density at radius 3 is 2.53 bits per heavy atom. The van der Waals surface area contributed by atoms with Crippen molar-refractivity contribution >= 4 is 53.8 Å². The van der Waals surface area contributed by atoms with E-state index in [1.807, 2.05) is 20.8 Å². The van der Waals surface area contributed by atoms with Crippen LogP contribution in [0.3, 0.4) is 0 Å². The maximum absolute atomic E-state index is 14.1. The number of allylic oxidation sites excluding steroid dienone is 3. The quantitative estimate of drug-likeness (QED) is 0.148. The highest BCUT2D eigenvalue weighted by Crippen LogP contribution is 2.49. The number of likely N-dealkylation sites (N-methyl/N-ethyl adjacent to an activating group) is 1. The van der Waals surface area contributed by atoms with E-state index < -0.39 is 72.1 Å². The number of amides is 3. The monoisotopic (exact) mass is 779 g/mol. The SMILES string of the molecule is C/C1=C\C=C\[C@@H](CO)[C@@]2(O)C[C@H](OC(=O)N2)[C@@H](C)[C@@H]2O[C@@]2(C)[C@@H](OC(=O)[C@H](C)N(C)C(=O)CC(S)C(C)C)CC(=O)N(C)c2cc(cc(CO)c2Cl)C1. The Balaban J connectivity index is 1.75. The molecule has 0 spiro atoms. The molecule has 3 aliphatic heterocycles. The number of alkyl carbamates (subject to hydrolysis) is 1. The van der Waals surface area contributed by atoms with Gasteiger partial charge in [-0.2, -0.15) is 12.6 Å². The number of hydrogen-bond acceptors (Lipinski definition) is 11. The maximum Gasteiger partial charge on any atom is 0.409 e. The molecule has 4 bridgehead atoms. The van der Waals surface area contributed by atoms with Crippen LogP contribution in [0.5, 0.6) is 0 Å². The molecule has 4 N–H and O–H groups in total. The summed E-state index contributed by atoms with van der Waals surface area (Å²) in [6, 6.07) is 2.48. The molecular formula is C38H54ClN3O10S. The Morgan fingerprint density at radius 1 is 1.23 bits per heavy atom. The lowest BCUT2D eigenvalue weighted by Crippen LogP contribution is -2.62. The second kappa shape index (κ2) is 17.1. The minimum absolute atomic E-state index is 0.0963. The number of thiol groups is 1. The molecule has 13 nitrogen and oxygen atoms in total. The van der Waals surface area contributed by atoms with E-state index in [0.717, 1.165) is 11.1 Å². The number of halogens is 1. The van der Waals surface area contributed by atoms with Crippen molar-refractivity contribution in [3.8, 4) is 0 Å². The molecule has 1 aromatic carbocycles. The first-order chi connectivity index (χ1) is 24.8. The van der Waals surface area contributed by atoms with Gasteiger partial charge in [-0.3, -0.25) is 14.9 Å². The van der Waals surface area contributed by atoms with Gasteiger partial charge in [0.1, 0.15) is 23.9 Å². The minimum Gasteiger partial charge on any atom is -0.457 e. The first-order valence-electron chi connectivity index (χ1n) is 17.9. The number of aliphatic hydroxyl groups is 3. The van der Waals surface area contributed by atoms with Gasteiger partial charge in [-0.1, -0.05) is 62.2 Å². The molecule has 3 heterocycles. The molecule has 3 amide bonds. The lowest BCUT2D eigenvalue weighted by atomic mass is 9.81. The van der Waals surface area contributed by atoms with Gasteiger partial charge in [0.15, 0.2) is 5.72 Å². The number of epoxide rings is 1. The molecule has 2 saturated heterocycles. The summed E-state index contributed by atoms with van der Waals surface area (Å²) < 4.78 is 17.9. The predicted molar refractivity (Wildman–Crippen MR) is 202 cm³/mol. The Hall–Kier alpha value is -3.14. The number of nitrogens with one attached hydrogen (secondary N) is 1. The number of rotatable bonds is 8. The first kappa shape index (κ1) is 42.6. The van der Waals surface area contributed by atoms with Crippen LogP contribution in [0.2, 0.25) is 5.02 Å². The van der Waals surface area contributed by atoms with Crippen LogP contribution < -0.4 is 10.2 Å². The summed E-state index contributed by atoms with van der Waals surface area (Å²) in [5, 5.41) is 34.6. The van der Waals surface area contributed by atoms with E-state index in [4.69, 9.17) is 25.8 Å². The molecule has 9 atom stereocenters. The number of aliphatic hydroxyl groups excluding tert-OH is 2. The number of carbonyl (C=O) groups excluding carboxylic acids is 4. The zero-order valence-corrected chi connectivity index (χ0v) is 33.3. The molecule has 0 aliphatic carbocycles. The molecule has 294 valence electrons. The molecular weight excluding hydrogens is 726 g/mol. The number of fused-ring (bicyclic) bond motifs is 5. The lowest BCUT2D eigenvalue weighted by Gasteiger charge is -2.42. The van der Waals surface area contributed by atoms with Gasteiger partial charge >= 0.3 is 12.1 Å². The Labute approximate surface area is 322 Å². The van der Waals surface area contributed by atoms with E-state index in [1.165, 1.54) is 23.8 Å². The fourth-order valence-electron chi connectivity index (χ4n) is 6.87. The van der Waals surface area contributed by atoms with Gasteiger partial charge in [0.25, 0.3) is 0 Å². The summed E-state index contributed by atoms with van der Waals surface area (Å²) in [5.74, 6) is -2.86. The molecule has 3 aliphatic rings. The lowest BCUT2D eigenvalue weighted by molar-refractivity contribution is -0.162. The van der Waals surface area contributed by atoms with Gasteiger partial charge in [-0.15, -0.1) is 0 Å².